The van der Waals surface area contributed by atoms with E-state index < -0.39 is 5.60 Å². The minimum atomic E-state index is -0.505. The molecule has 1 N–H and O–H groups in total. The lowest BCUT2D eigenvalue weighted by molar-refractivity contribution is 0.0122. The normalized spacial score (nSPS) is 14.3. The van der Waals surface area contributed by atoms with Gasteiger partial charge < -0.3 is 28.7 Å². The zero-order chi connectivity index (χ0) is 24.6. The molecular weight excluding hydrogens is 440 g/mol. The summed E-state index contributed by atoms with van der Waals surface area (Å²) < 4.78 is 21.6. The number of aromatic nitrogens is 2. The molecule has 1 aliphatic heterocycles. The lowest BCUT2D eigenvalue weighted by atomic mass is 10.1. The summed E-state index contributed by atoms with van der Waals surface area (Å²) >= 11 is 0. The van der Waals surface area contributed by atoms with Crippen molar-refractivity contribution < 1.29 is 28.6 Å². The third-order valence-corrected chi connectivity index (χ3v) is 4.82. The number of amides is 1. The Hall–Kier alpha value is -3.53. The van der Waals surface area contributed by atoms with Crippen molar-refractivity contribution in [1.82, 2.24) is 20.6 Å². The van der Waals surface area contributed by atoms with Crippen LogP contribution in [-0.4, -0.2) is 59.9 Å². The second-order valence-electron chi connectivity index (χ2n) is 8.75. The lowest BCUT2D eigenvalue weighted by Gasteiger charge is -2.33. The number of hydrogen-bond acceptors (Lipinski definition) is 9. The summed E-state index contributed by atoms with van der Waals surface area (Å²) in [5, 5.41) is 8.09. The fraction of sp³-hybridized carbons (Fsp3) is 0.458. The molecule has 1 aromatic heterocycles. The van der Waals surface area contributed by atoms with E-state index in [1.54, 1.807) is 24.1 Å². The van der Waals surface area contributed by atoms with Crippen molar-refractivity contribution in [3.05, 3.63) is 48.5 Å². The van der Waals surface area contributed by atoms with E-state index in [4.69, 9.17) is 23.8 Å². The number of nitrogens with one attached hydrogen (secondary N) is 1. The van der Waals surface area contributed by atoms with Gasteiger partial charge in [-0.2, -0.15) is 0 Å². The van der Waals surface area contributed by atoms with Crippen LogP contribution in [0.1, 0.15) is 39.2 Å². The molecule has 2 aromatic rings. The average Bonchev–Trinajstić information content (AvgIpc) is 2.82. The monoisotopic (exact) mass is 472 g/mol. The number of methoxy groups -OCH3 is 1. The van der Waals surface area contributed by atoms with Crippen LogP contribution in [-0.2, 0) is 9.47 Å². The molecule has 0 saturated carbocycles. The van der Waals surface area contributed by atoms with E-state index in [1.807, 2.05) is 45.0 Å². The third-order valence-electron chi connectivity index (χ3n) is 4.82. The molecule has 1 aromatic carbocycles. The van der Waals surface area contributed by atoms with Gasteiger partial charge in [0.1, 0.15) is 17.5 Å². The SMILES string of the molecule is C=C(NOc1ccc(OC2CCN(C(=O)OC(C)(C)C)CC2)nn1)c1ccc(OCOC)cc1. The van der Waals surface area contributed by atoms with E-state index in [0.717, 1.165) is 5.56 Å². The Morgan fingerprint density at radius 1 is 1.09 bits per heavy atom. The van der Waals surface area contributed by atoms with Crippen LogP contribution in [0.5, 0.6) is 17.5 Å². The predicted molar refractivity (Wildman–Crippen MR) is 125 cm³/mol. The first kappa shape index (κ1) is 25.1. The largest absolute Gasteiger partial charge is 0.473 e. The van der Waals surface area contributed by atoms with Gasteiger partial charge in [0, 0.05) is 50.7 Å². The van der Waals surface area contributed by atoms with E-state index in [1.165, 1.54) is 0 Å². The van der Waals surface area contributed by atoms with Crippen LogP contribution in [0.4, 0.5) is 4.79 Å². The number of nitrogens with zero attached hydrogens (tertiary/aromatic N) is 3. The van der Waals surface area contributed by atoms with Crippen LogP contribution >= 0.6 is 0 Å². The third kappa shape index (κ3) is 7.80. The molecule has 0 atom stereocenters. The van der Waals surface area contributed by atoms with Crippen LogP contribution < -0.4 is 19.8 Å². The van der Waals surface area contributed by atoms with Gasteiger partial charge in [-0.3, -0.25) is 0 Å². The fourth-order valence-corrected chi connectivity index (χ4v) is 3.13. The number of carbonyl (C=O) groups excluding carboxylic acids is 1. The predicted octanol–water partition coefficient (Wildman–Crippen LogP) is 3.79. The van der Waals surface area contributed by atoms with Crippen molar-refractivity contribution in [1.29, 1.82) is 0 Å². The molecule has 1 fully saturated rings. The maximum atomic E-state index is 12.2. The van der Waals surface area contributed by atoms with Crippen molar-refractivity contribution in [3.63, 3.8) is 0 Å². The molecule has 10 nitrogen and oxygen atoms in total. The molecule has 0 spiro atoms. The molecule has 0 radical (unpaired) electrons. The standard InChI is InChI=1S/C24H32N4O6/c1-17(18-6-8-19(9-7-18)31-16-30-5)27-34-22-11-10-21(25-26-22)32-20-12-14-28(15-13-20)23(29)33-24(2,3)4/h6-11,20,27H,1,12-16H2,2-5H3. The van der Waals surface area contributed by atoms with Crippen LogP contribution in [0.2, 0.25) is 0 Å². The topological polar surface area (TPSA) is 104 Å². The molecule has 3 rings (SSSR count). The zero-order valence-electron chi connectivity index (χ0n) is 20.1. The Morgan fingerprint density at radius 3 is 2.32 bits per heavy atom. The highest BCUT2D eigenvalue weighted by atomic mass is 16.7. The fourth-order valence-electron chi connectivity index (χ4n) is 3.13. The van der Waals surface area contributed by atoms with Gasteiger partial charge in [0.25, 0.3) is 5.88 Å². The van der Waals surface area contributed by atoms with Gasteiger partial charge in [-0.05, 0) is 45.0 Å². The van der Waals surface area contributed by atoms with Crippen molar-refractivity contribution in [2.24, 2.45) is 0 Å². The summed E-state index contributed by atoms with van der Waals surface area (Å²) in [4.78, 5) is 19.3. The van der Waals surface area contributed by atoms with Gasteiger partial charge in [-0.25, -0.2) is 10.3 Å². The molecule has 1 amide bonds. The highest BCUT2D eigenvalue weighted by Gasteiger charge is 2.27. The van der Waals surface area contributed by atoms with Gasteiger partial charge in [-0.1, -0.05) is 6.58 Å². The molecule has 0 aliphatic carbocycles. The number of piperidine rings is 1. The molecule has 2 heterocycles. The minimum Gasteiger partial charge on any atom is -0.473 e. The van der Waals surface area contributed by atoms with Gasteiger partial charge in [0.15, 0.2) is 6.79 Å². The highest BCUT2D eigenvalue weighted by molar-refractivity contribution is 5.68. The zero-order valence-corrected chi connectivity index (χ0v) is 20.1. The maximum absolute atomic E-state index is 12.2. The molecule has 0 unspecified atom stereocenters. The van der Waals surface area contributed by atoms with Crippen molar-refractivity contribution in [2.45, 2.75) is 45.3 Å². The second kappa shape index (κ2) is 11.6. The van der Waals surface area contributed by atoms with E-state index in [0.29, 0.717) is 43.3 Å². The van der Waals surface area contributed by atoms with Gasteiger partial charge >= 0.3 is 6.09 Å². The number of hydroxylamine groups is 1. The van der Waals surface area contributed by atoms with Gasteiger partial charge in [0.2, 0.25) is 5.88 Å². The van der Waals surface area contributed by atoms with Crippen LogP contribution in [0.3, 0.4) is 0 Å². The first-order chi connectivity index (χ1) is 16.2. The number of carbonyl (C=O) groups is 1. The number of hydrogen-bond donors (Lipinski definition) is 1. The van der Waals surface area contributed by atoms with Crippen molar-refractivity contribution in [3.8, 4) is 17.5 Å². The Bertz CT molecular complexity index is 935. The summed E-state index contributed by atoms with van der Waals surface area (Å²) in [6, 6.07) is 10.7. The van der Waals surface area contributed by atoms with Crippen LogP contribution in [0, 0.1) is 0 Å². The summed E-state index contributed by atoms with van der Waals surface area (Å²) in [5.74, 6) is 1.36. The van der Waals surface area contributed by atoms with E-state index in [9.17, 15) is 4.79 Å². The molecule has 1 aliphatic rings. The number of ether oxygens (including phenoxy) is 4. The quantitative estimate of drug-likeness (QED) is 0.431. The van der Waals surface area contributed by atoms with E-state index in [2.05, 4.69) is 22.3 Å². The average molecular weight is 473 g/mol. The smallest absolute Gasteiger partial charge is 0.410 e. The molecular formula is C24H32N4O6. The molecule has 34 heavy (non-hydrogen) atoms. The van der Waals surface area contributed by atoms with Crippen LogP contribution in [0.25, 0.3) is 5.70 Å². The minimum absolute atomic E-state index is 0.0477. The molecule has 0 bridgehead atoms. The lowest BCUT2D eigenvalue weighted by Crippen LogP contribution is -2.44. The van der Waals surface area contributed by atoms with Crippen molar-refractivity contribution in [2.75, 3.05) is 27.0 Å². The first-order valence-electron chi connectivity index (χ1n) is 11.1. The summed E-state index contributed by atoms with van der Waals surface area (Å²) in [6.45, 7) is 10.8. The Morgan fingerprint density at radius 2 is 1.74 bits per heavy atom. The van der Waals surface area contributed by atoms with E-state index >= 15 is 0 Å². The van der Waals surface area contributed by atoms with Crippen LogP contribution in [0.15, 0.2) is 43.0 Å². The summed E-state index contributed by atoms with van der Waals surface area (Å²) in [7, 11) is 1.57. The number of likely N-dealkylation sites (tertiary alicyclic amines) is 1. The van der Waals surface area contributed by atoms with E-state index in [-0.39, 0.29) is 24.9 Å². The van der Waals surface area contributed by atoms with Gasteiger partial charge in [-0.15, -0.1) is 10.2 Å². The maximum Gasteiger partial charge on any atom is 0.410 e. The second-order valence-corrected chi connectivity index (χ2v) is 8.75. The Labute approximate surface area is 199 Å². The molecule has 1 saturated heterocycles. The number of rotatable bonds is 9. The molecule has 10 heteroatoms. The summed E-state index contributed by atoms with van der Waals surface area (Å²) in [6.07, 6.45) is 1.04. The number of benzene rings is 1. The summed E-state index contributed by atoms with van der Waals surface area (Å²) in [5.41, 5.74) is 3.63. The highest BCUT2D eigenvalue weighted by Crippen LogP contribution is 2.20. The molecule has 184 valence electrons. The van der Waals surface area contributed by atoms with Gasteiger partial charge in [0.05, 0.1) is 5.70 Å². The Kier molecular flexibility index (Phi) is 8.53. The Balaban J connectivity index is 1.41. The first-order valence-corrected chi connectivity index (χ1v) is 11.1. The van der Waals surface area contributed by atoms with Crippen molar-refractivity contribution >= 4 is 11.8 Å².